The van der Waals surface area contributed by atoms with Crippen LogP contribution in [0.3, 0.4) is 0 Å². The maximum Gasteiger partial charge on any atom is 0.228 e. The normalized spacial score (nSPS) is 17.8. The Labute approximate surface area is 282 Å². The third-order valence-electron chi connectivity index (χ3n) is 8.75. The summed E-state index contributed by atoms with van der Waals surface area (Å²) < 4.78 is 16.9. The molecule has 2 fully saturated rings. The Hall–Kier alpha value is -3.10. The van der Waals surface area contributed by atoms with Crippen LogP contribution in [0, 0.1) is 12.8 Å². The van der Waals surface area contributed by atoms with Crippen molar-refractivity contribution < 1.29 is 23.8 Å². The van der Waals surface area contributed by atoms with Crippen molar-refractivity contribution in [3.8, 4) is 11.5 Å². The van der Waals surface area contributed by atoms with E-state index in [1.165, 1.54) is 0 Å². The van der Waals surface area contributed by atoms with Gasteiger partial charge in [0.05, 0.1) is 16.0 Å². The Morgan fingerprint density at radius 3 is 2.28 bits per heavy atom. The van der Waals surface area contributed by atoms with Crippen LogP contribution in [0.25, 0.3) is 0 Å². The zero-order chi connectivity index (χ0) is 32.6. The minimum atomic E-state index is -0.171. The molecule has 46 heavy (non-hydrogen) atoms. The monoisotopic (exact) mass is 666 g/mol. The largest absolute Gasteiger partial charge is 0.490 e. The van der Waals surface area contributed by atoms with Crippen LogP contribution < -0.4 is 14.8 Å². The number of carbonyl (C=O) groups is 2. The van der Waals surface area contributed by atoms with Crippen molar-refractivity contribution in [2.75, 3.05) is 40.0 Å². The first-order chi connectivity index (χ1) is 22.2. The topological polar surface area (TPSA) is 77.1 Å². The van der Waals surface area contributed by atoms with Crippen molar-refractivity contribution in [1.29, 1.82) is 0 Å². The lowest BCUT2D eigenvalue weighted by molar-refractivity contribution is -0.138. The molecular formula is C37H44Cl2N2O5. The second kappa shape index (κ2) is 16.1. The highest BCUT2D eigenvalue weighted by atomic mass is 35.5. The highest BCUT2D eigenvalue weighted by Gasteiger charge is 2.40. The van der Waals surface area contributed by atoms with Gasteiger partial charge in [-0.2, -0.15) is 0 Å². The molecule has 2 atom stereocenters. The van der Waals surface area contributed by atoms with E-state index in [-0.39, 0.29) is 29.6 Å². The van der Waals surface area contributed by atoms with Gasteiger partial charge in [-0.1, -0.05) is 41.4 Å². The van der Waals surface area contributed by atoms with Gasteiger partial charge in [-0.3, -0.25) is 9.59 Å². The quantitative estimate of drug-likeness (QED) is 0.134. The van der Waals surface area contributed by atoms with Crippen LogP contribution in [0.15, 0.2) is 54.6 Å². The maximum atomic E-state index is 14.3. The van der Waals surface area contributed by atoms with E-state index >= 15 is 0 Å². The minimum absolute atomic E-state index is 0.0377. The van der Waals surface area contributed by atoms with Crippen LogP contribution in [-0.2, 0) is 22.5 Å². The number of nitrogens with one attached hydrogen (secondary N) is 1. The Kier molecular flexibility index (Phi) is 12.0. The summed E-state index contributed by atoms with van der Waals surface area (Å²) >= 11 is 12.6. The lowest BCUT2D eigenvalue weighted by atomic mass is 9.80. The predicted octanol–water partition coefficient (Wildman–Crippen LogP) is 7.43. The molecule has 0 spiro atoms. The lowest BCUT2D eigenvalue weighted by Gasteiger charge is -2.36. The number of rotatable bonds is 15. The Balaban J connectivity index is 1.23. The first kappa shape index (κ1) is 34.2. The Morgan fingerprint density at radius 2 is 1.61 bits per heavy atom. The zero-order valence-electron chi connectivity index (χ0n) is 27.0. The van der Waals surface area contributed by atoms with Crippen LogP contribution in [0.5, 0.6) is 11.5 Å². The van der Waals surface area contributed by atoms with Crippen molar-refractivity contribution in [3.63, 3.8) is 0 Å². The molecule has 1 saturated heterocycles. The number of ether oxygens (including phenoxy) is 3. The van der Waals surface area contributed by atoms with Gasteiger partial charge >= 0.3 is 0 Å². The summed E-state index contributed by atoms with van der Waals surface area (Å²) in [5.74, 6) is 1.35. The Bertz CT molecular complexity index is 1490. The number of hydrogen-bond acceptors (Lipinski definition) is 6. The van der Waals surface area contributed by atoms with Crippen molar-refractivity contribution in [3.05, 3.63) is 92.5 Å². The summed E-state index contributed by atoms with van der Waals surface area (Å²) in [7, 11) is 1.70. The van der Waals surface area contributed by atoms with Crippen LogP contribution in [-0.4, -0.2) is 62.7 Å². The van der Waals surface area contributed by atoms with Crippen LogP contribution in [0.1, 0.15) is 71.1 Å². The SMILES string of the molecule is COCCCc1cc(CN(C(=O)C2CNCCC2c2ccc(OCCOc3c(Cl)cc(C)cc3Cl)cc2)C2CC2)cc(C(C)=O)c1. The first-order valence-corrected chi connectivity index (χ1v) is 16.9. The predicted molar refractivity (Wildman–Crippen MR) is 183 cm³/mol. The molecule has 0 aromatic heterocycles. The lowest BCUT2D eigenvalue weighted by Crippen LogP contribution is -2.47. The summed E-state index contributed by atoms with van der Waals surface area (Å²) in [6.45, 7) is 6.85. The van der Waals surface area contributed by atoms with Gasteiger partial charge in [0.15, 0.2) is 11.5 Å². The van der Waals surface area contributed by atoms with E-state index in [9.17, 15) is 9.59 Å². The van der Waals surface area contributed by atoms with Gasteiger partial charge < -0.3 is 24.4 Å². The van der Waals surface area contributed by atoms with Crippen molar-refractivity contribution in [1.82, 2.24) is 10.2 Å². The number of carbonyl (C=O) groups excluding carboxylic acids is 2. The summed E-state index contributed by atoms with van der Waals surface area (Å²) in [6.07, 6.45) is 4.62. The van der Waals surface area contributed by atoms with E-state index in [0.717, 1.165) is 66.7 Å². The van der Waals surface area contributed by atoms with Gasteiger partial charge in [-0.25, -0.2) is 0 Å². The highest BCUT2D eigenvalue weighted by Crippen LogP contribution is 2.37. The molecule has 9 heteroatoms. The number of benzene rings is 3. The molecule has 2 unspecified atom stereocenters. The smallest absolute Gasteiger partial charge is 0.228 e. The molecule has 1 N–H and O–H groups in total. The Morgan fingerprint density at radius 1 is 0.913 bits per heavy atom. The van der Waals surface area contributed by atoms with E-state index < -0.39 is 0 Å². The molecule has 1 aliphatic heterocycles. The van der Waals surface area contributed by atoms with Gasteiger partial charge in [0.2, 0.25) is 5.91 Å². The standard InChI is InChI=1S/C37H44Cl2N2O5/c1-24-17-34(38)36(35(39)18-24)46-16-15-45-31-10-6-28(7-11-31)32-12-13-40-22-33(32)37(43)41(30-8-9-30)23-27-19-26(5-4-14-44-3)20-29(21-27)25(2)42/h6-7,10-11,17-21,30,32-33,40H,4-5,8-9,12-16,22-23H2,1-3H3. The second-order valence-corrected chi connectivity index (χ2v) is 13.2. The van der Waals surface area contributed by atoms with E-state index in [1.807, 2.05) is 43.3 Å². The van der Waals surface area contributed by atoms with Gasteiger partial charge in [0, 0.05) is 38.4 Å². The zero-order valence-corrected chi connectivity index (χ0v) is 28.5. The summed E-state index contributed by atoms with van der Waals surface area (Å²) in [5, 5.41) is 4.42. The van der Waals surface area contributed by atoms with Crippen LogP contribution in [0.4, 0.5) is 0 Å². The average molecular weight is 668 g/mol. The van der Waals surface area contributed by atoms with Crippen molar-refractivity contribution in [2.24, 2.45) is 5.92 Å². The molecule has 7 nitrogen and oxygen atoms in total. The van der Waals surface area contributed by atoms with E-state index in [0.29, 0.717) is 54.3 Å². The molecule has 3 aromatic carbocycles. The van der Waals surface area contributed by atoms with E-state index in [2.05, 4.69) is 28.4 Å². The van der Waals surface area contributed by atoms with Crippen molar-refractivity contribution >= 4 is 34.9 Å². The number of aryl methyl sites for hydroxylation is 2. The fourth-order valence-corrected chi connectivity index (χ4v) is 6.97. The van der Waals surface area contributed by atoms with Crippen LogP contribution >= 0.6 is 23.2 Å². The van der Waals surface area contributed by atoms with E-state index in [4.69, 9.17) is 37.4 Å². The molecular weight excluding hydrogens is 623 g/mol. The van der Waals surface area contributed by atoms with Gasteiger partial charge in [0.1, 0.15) is 19.0 Å². The number of hydrogen-bond donors (Lipinski definition) is 1. The molecule has 1 saturated carbocycles. The summed E-state index contributed by atoms with van der Waals surface area (Å²) in [5.41, 5.74) is 4.92. The molecule has 1 aliphatic carbocycles. The third kappa shape index (κ3) is 9.03. The molecule has 246 valence electrons. The molecule has 1 heterocycles. The molecule has 5 rings (SSSR count). The number of nitrogens with zero attached hydrogens (tertiary/aromatic N) is 1. The minimum Gasteiger partial charge on any atom is -0.490 e. The molecule has 3 aromatic rings. The van der Waals surface area contributed by atoms with Crippen LogP contribution in [0.2, 0.25) is 10.0 Å². The second-order valence-electron chi connectivity index (χ2n) is 12.4. The average Bonchev–Trinajstić information content (AvgIpc) is 3.88. The van der Waals surface area contributed by atoms with Crippen molar-refractivity contribution in [2.45, 2.75) is 64.5 Å². The van der Waals surface area contributed by atoms with E-state index in [1.54, 1.807) is 14.0 Å². The fraction of sp³-hybridized carbons (Fsp3) is 0.459. The molecule has 0 radical (unpaired) electrons. The molecule has 0 bridgehead atoms. The van der Waals surface area contributed by atoms with Gasteiger partial charge in [-0.05, 0) is 117 Å². The molecule has 2 aliphatic rings. The number of piperidine rings is 1. The number of ketones is 1. The number of Topliss-reactive ketones (excluding diaryl/α,β-unsaturated/α-hetero) is 1. The number of amides is 1. The first-order valence-electron chi connectivity index (χ1n) is 16.2. The maximum absolute atomic E-state index is 14.3. The number of methoxy groups -OCH3 is 1. The third-order valence-corrected chi connectivity index (χ3v) is 9.31. The van der Waals surface area contributed by atoms with Gasteiger partial charge in [0.25, 0.3) is 0 Å². The summed E-state index contributed by atoms with van der Waals surface area (Å²) in [4.78, 5) is 28.7. The molecule has 1 amide bonds. The van der Waals surface area contributed by atoms with Gasteiger partial charge in [-0.15, -0.1) is 0 Å². The fourth-order valence-electron chi connectivity index (χ4n) is 6.26. The number of halogens is 2. The summed E-state index contributed by atoms with van der Waals surface area (Å²) in [6, 6.07) is 18.0. The highest BCUT2D eigenvalue weighted by molar-refractivity contribution is 6.37.